The van der Waals surface area contributed by atoms with Gasteiger partial charge in [0.05, 0.1) is 5.56 Å². The van der Waals surface area contributed by atoms with E-state index in [1.165, 1.54) is 39.1 Å². The fourth-order valence-electron chi connectivity index (χ4n) is 4.72. The molecule has 0 unspecified atom stereocenters. The second-order valence-corrected chi connectivity index (χ2v) is 8.86. The molecule has 0 bridgehead atoms. The molecule has 0 heterocycles. The summed E-state index contributed by atoms with van der Waals surface area (Å²) in [4.78, 5) is 36.0. The van der Waals surface area contributed by atoms with Crippen molar-refractivity contribution >= 4 is 56.4 Å². The molecule has 6 aromatic carbocycles. The van der Waals surface area contributed by atoms with Crippen molar-refractivity contribution in [2.24, 2.45) is 0 Å². The maximum absolute atomic E-state index is 12.9. The van der Waals surface area contributed by atoms with Crippen LogP contribution >= 0.6 is 0 Å². The normalized spacial score (nSPS) is 11.5. The lowest BCUT2D eigenvalue weighted by molar-refractivity contribution is 0.0734. The first-order valence-electron chi connectivity index (χ1n) is 11.9. The highest BCUT2D eigenvalue weighted by Crippen LogP contribution is 2.36. The van der Waals surface area contributed by atoms with Crippen LogP contribution in [0.3, 0.4) is 0 Å². The highest BCUT2D eigenvalue weighted by Gasteiger charge is 2.11. The van der Waals surface area contributed by atoms with Crippen molar-refractivity contribution in [3.63, 3.8) is 0 Å². The fourth-order valence-corrected chi connectivity index (χ4v) is 4.72. The number of rotatable bonds is 6. The third-order valence-electron chi connectivity index (χ3n) is 6.61. The summed E-state index contributed by atoms with van der Waals surface area (Å²) in [5, 5.41) is 7.13. The van der Waals surface area contributed by atoms with Gasteiger partial charge in [0.1, 0.15) is 12.0 Å². The molecular formula is C33H20O4. The van der Waals surface area contributed by atoms with Crippen LogP contribution in [0.1, 0.15) is 36.6 Å². The summed E-state index contributed by atoms with van der Waals surface area (Å²) in [5.74, 6) is -0.352. The second kappa shape index (κ2) is 9.17. The van der Waals surface area contributed by atoms with Crippen molar-refractivity contribution in [3.05, 3.63) is 131 Å². The number of carbonyl (C=O) groups is 3. The summed E-state index contributed by atoms with van der Waals surface area (Å²) in [6.45, 7) is 0. The Morgan fingerprint density at radius 3 is 1.95 bits per heavy atom. The first-order valence-corrected chi connectivity index (χ1v) is 11.9. The SMILES string of the molecule is O=Cc1ccc(C(=O)Oc2ccc(C(=O)/C=C/c3ccc4ccc5cccc6ccc3c4c56)cc2)cc1. The Morgan fingerprint density at radius 2 is 1.24 bits per heavy atom. The molecule has 0 aliphatic heterocycles. The van der Waals surface area contributed by atoms with E-state index in [1.54, 1.807) is 42.5 Å². The fraction of sp³-hybridized carbons (Fsp3) is 0. The lowest BCUT2D eigenvalue weighted by Gasteiger charge is -2.12. The number of carbonyl (C=O) groups excluding carboxylic acids is 3. The predicted octanol–water partition coefficient (Wildman–Crippen LogP) is 7.51. The Bertz CT molecular complexity index is 1810. The van der Waals surface area contributed by atoms with Gasteiger partial charge in [-0.15, -0.1) is 0 Å². The third kappa shape index (κ3) is 4.15. The van der Waals surface area contributed by atoms with Gasteiger partial charge >= 0.3 is 5.97 Å². The van der Waals surface area contributed by atoms with Crippen LogP contribution in [0.4, 0.5) is 0 Å². The number of aldehydes is 1. The van der Waals surface area contributed by atoms with E-state index in [-0.39, 0.29) is 5.78 Å². The lowest BCUT2D eigenvalue weighted by Crippen LogP contribution is -2.08. The van der Waals surface area contributed by atoms with Gasteiger partial charge in [-0.3, -0.25) is 9.59 Å². The molecule has 0 atom stereocenters. The minimum absolute atomic E-state index is 0.145. The molecule has 0 spiro atoms. The minimum Gasteiger partial charge on any atom is -0.423 e. The summed E-state index contributed by atoms with van der Waals surface area (Å²) >= 11 is 0. The average Bonchev–Trinajstić information content (AvgIpc) is 2.95. The van der Waals surface area contributed by atoms with Crippen molar-refractivity contribution in [1.29, 1.82) is 0 Å². The number of esters is 1. The van der Waals surface area contributed by atoms with E-state index >= 15 is 0 Å². The first-order chi connectivity index (χ1) is 18.1. The number of ether oxygens (including phenoxy) is 1. The lowest BCUT2D eigenvalue weighted by atomic mass is 9.92. The molecule has 0 fully saturated rings. The van der Waals surface area contributed by atoms with Crippen LogP contribution in [0.2, 0.25) is 0 Å². The molecule has 176 valence electrons. The van der Waals surface area contributed by atoms with Crippen molar-refractivity contribution < 1.29 is 19.1 Å². The van der Waals surface area contributed by atoms with Crippen molar-refractivity contribution in [1.82, 2.24) is 0 Å². The van der Waals surface area contributed by atoms with Gasteiger partial charge in [0.2, 0.25) is 0 Å². The van der Waals surface area contributed by atoms with Crippen LogP contribution in [0, 0.1) is 0 Å². The smallest absolute Gasteiger partial charge is 0.343 e. The zero-order valence-electron chi connectivity index (χ0n) is 19.7. The molecule has 0 amide bonds. The Hall–Kier alpha value is -5.09. The van der Waals surface area contributed by atoms with E-state index in [0.717, 1.165) is 10.9 Å². The predicted molar refractivity (Wildman–Crippen MR) is 147 cm³/mol. The Kier molecular flexibility index (Phi) is 5.55. The first kappa shape index (κ1) is 22.4. The molecular weight excluding hydrogens is 460 g/mol. The minimum atomic E-state index is -0.537. The van der Waals surface area contributed by atoms with Gasteiger partial charge in [-0.2, -0.15) is 0 Å². The molecule has 0 saturated heterocycles. The van der Waals surface area contributed by atoms with E-state index in [4.69, 9.17) is 4.74 Å². The van der Waals surface area contributed by atoms with Crippen LogP contribution in [-0.4, -0.2) is 18.0 Å². The van der Waals surface area contributed by atoms with Gasteiger partial charge < -0.3 is 4.74 Å². The number of hydrogen-bond acceptors (Lipinski definition) is 4. The van der Waals surface area contributed by atoms with Crippen LogP contribution in [0.5, 0.6) is 5.75 Å². The number of allylic oxidation sites excluding steroid dienone is 1. The number of ketones is 1. The van der Waals surface area contributed by atoms with Gasteiger partial charge in [-0.25, -0.2) is 4.79 Å². The zero-order chi connectivity index (χ0) is 25.4. The molecule has 37 heavy (non-hydrogen) atoms. The van der Waals surface area contributed by atoms with Crippen LogP contribution < -0.4 is 4.74 Å². The van der Waals surface area contributed by atoms with Gasteiger partial charge in [-0.1, -0.05) is 72.8 Å². The molecule has 4 heteroatoms. The Labute approximate surface area is 212 Å². The van der Waals surface area contributed by atoms with E-state index < -0.39 is 5.97 Å². The monoisotopic (exact) mass is 480 g/mol. The summed E-state index contributed by atoms with van der Waals surface area (Å²) in [6, 6.07) is 31.6. The standard InChI is InChI=1S/C33H20O4/c34-20-21-4-6-27(7-5-21)33(36)37-28-16-12-23(13-17-28)30(35)19-15-22-8-9-26-11-10-24-2-1-3-25-14-18-29(22)32(26)31(24)25/h1-20H/b19-15+. The molecule has 6 aromatic rings. The van der Waals surface area contributed by atoms with Gasteiger partial charge in [0, 0.05) is 11.1 Å². The maximum Gasteiger partial charge on any atom is 0.343 e. The quantitative estimate of drug-likeness (QED) is 0.0618. The molecule has 0 aliphatic carbocycles. The molecule has 0 aromatic heterocycles. The highest BCUT2D eigenvalue weighted by molar-refractivity contribution is 6.24. The van der Waals surface area contributed by atoms with Crippen LogP contribution in [0.15, 0.2) is 109 Å². The van der Waals surface area contributed by atoms with E-state index in [0.29, 0.717) is 28.7 Å². The summed E-state index contributed by atoms with van der Waals surface area (Å²) in [7, 11) is 0. The Morgan fingerprint density at radius 1 is 0.622 bits per heavy atom. The molecule has 6 rings (SSSR count). The van der Waals surface area contributed by atoms with Crippen LogP contribution in [-0.2, 0) is 0 Å². The van der Waals surface area contributed by atoms with E-state index in [1.807, 2.05) is 12.1 Å². The molecule has 0 saturated carbocycles. The average molecular weight is 481 g/mol. The number of benzene rings is 6. The van der Waals surface area contributed by atoms with Crippen LogP contribution in [0.25, 0.3) is 38.4 Å². The van der Waals surface area contributed by atoms with Crippen molar-refractivity contribution in [2.45, 2.75) is 0 Å². The largest absolute Gasteiger partial charge is 0.423 e. The second-order valence-electron chi connectivity index (χ2n) is 8.86. The topological polar surface area (TPSA) is 60.4 Å². The molecule has 0 radical (unpaired) electrons. The van der Waals surface area contributed by atoms with Gasteiger partial charge in [0.25, 0.3) is 0 Å². The Balaban J connectivity index is 1.22. The zero-order valence-corrected chi connectivity index (χ0v) is 19.7. The van der Waals surface area contributed by atoms with Crippen molar-refractivity contribution in [2.75, 3.05) is 0 Å². The molecule has 0 aliphatic rings. The highest BCUT2D eigenvalue weighted by atomic mass is 16.5. The van der Waals surface area contributed by atoms with E-state index in [9.17, 15) is 14.4 Å². The molecule has 0 N–H and O–H groups in total. The molecule has 4 nitrogen and oxygen atoms in total. The summed E-state index contributed by atoms with van der Waals surface area (Å²) in [5.41, 5.74) is 2.28. The third-order valence-corrected chi connectivity index (χ3v) is 6.61. The number of hydrogen-bond donors (Lipinski definition) is 0. The van der Waals surface area contributed by atoms with Gasteiger partial charge in [-0.05, 0) is 80.4 Å². The maximum atomic E-state index is 12.9. The van der Waals surface area contributed by atoms with Crippen molar-refractivity contribution in [3.8, 4) is 5.75 Å². The summed E-state index contributed by atoms with van der Waals surface area (Å²) < 4.78 is 5.39. The van der Waals surface area contributed by atoms with E-state index in [2.05, 4.69) is 48.5 Å². The summed E-state index contributed by atoms with van der Waals surface area (Å²) in [6.07, 6.45) is 4.14. The van der Waals surface area contributed by atoms with Gasteiger partial charge in [0.15, 0.2) is 5.78 Å².